The summed E-state index contributed by atoms with van der Waals surface area (Å²) in [4.78, 5) is 0. The first kappa shape index (κ1) is 9.54. The number of hydrogen-bond donors (Lipinski definition) is 0. The summed E-state index contributed by atoms with van der Waals surface area (Å²) in [5, 5.41) is 0. The van der Waals surface area contributed by atoms with Gasteiger partial charge in [0, 0.05) is 0 Å². The van der Waals surface area contributed by atoms with Gasteiger partial charge in [0.2, 0.25) is 0 Å². The Bertz CT molecular complexity index is 73.5. The summed E-state index contributed by atoms with van der Waals surface area (Å²) in [6, 6.07) is 1.24. The van der Waals surface area contributed by atoms with Crippen LogP contribution in [0.2, 0.25) is 6.04 Å². The molecule has 0 aliphatic heterocycles. The van der Waals surface area contributed by atoms with Gasteiger partial charge in [-0.05, 0) is 6.42 Å². The van der Waals surface area contributed by atoms with Crippen LogP contribution in [0.3, 0.4) is 0 Å². The van der Waals surface area contributed by atoms with Gasteiger partial charge in [-0.25, -0.2) is 0 Å². The van der Waals surface area contributed by atoms with Crippen molar-refractivity contribution in [3.8, 4) is 0 Å². The van der Waals surface area contributed by atoms with E-state index in [1.165, 1.54) is 12.5 Å². The molecule has 0 heterocycles. The van der Waals surface area contributed by atoms with Gasteiger partial charge in [0.15, 0.2) is 0 Å². The first-order valence-corrected chi connectivity index (χ1v) is 5.85. The minimum Gasteiger partial charge on any atom is -0.110 e. The molecule has 0 aromatic heterocycles. The van der Waals surface area contributed by atoms with Crippen LogP contribution < -0.4 is 0 Å². The number of unbranched alkanes of at least 4 members (excludes halogenated alkanes) is 1. The Morgan fingerprint density at radius 1 is 1.56 bits per heavy atom. The molecule has 0 saturated carbocycles. The lowest BCUT2D eigenvalue weighted by Crippen LogP contribution is -1.99. The van der Waals surface area contributed by atoms with E-state index in [9.17, 15) is 0 Å². The second kappa shape index (κ2) is 6.65. The van der Waals surface area contributed by atoms with Crippen molar-refractivity contribution in [2.45, 2.75) is 23.3 Å². The lowest BCUT2D eigenvalue weighted by molar-refractivity contribution is 0.951. The van der Waals surface area contributed by atoms with Crippen LogP contribution in [-0.4, -0.2) is 14.0 Å². The fourth-order valence-electron chi connectivity index (χ4n) is 0.587. The number of alkyl halides is 2. The molecule has 54 valence electrons. The third-order valence-electron chi connectivity index (χ3n) is 1.08. The van der Waals surface area contributed by atoms with Crippen LogP contribution in [0.4, 0.5) is 0 Å². The highest BCUT2D eigenvalue weighted by atomic mass is 35.5. The third kappa shape index (κ3) is 8.54. The number of hydrogen-bond acceptors (Lipinski definition) is 0. The molecule has 0 aliphatic carbocycles. The Balaban J connectivity index is 2.82. The summed E-state index contributed by atoms with van der Waals surface area (Å²) >= 11 is 11.1. The second-order valence-corrected chi connectivity index (χ2v) is 6.38. The zero-order valence-electron chi connectivity index (χ0n) is 5.45. The Hall–Kier alpha value is 0.537. The van der Waals surface area contributed by atoms with Gasteiger partial charge in [-0.2, -0.15) is 0 Å². The quantitative estimate of drug-likeness (QED) is 0.265. The van der Waals surface area contributed by atoms with Crippen molar-refractivity contribution >= 4 is 32.7 Å². The van der Waals surface area contributed by atoms with Crippen LogP contribution in [-0.2, 0) is 0 Å². The molecule has 0 spiro atoms. The van der Waals surface area contributed by atoms with Gasteiger partial charge in [0.05, 0.1) is 14.0 Å². The van der Waals surface area contributed by atoms with Crippen LogP contribution in [0.5, 0.6) is 0 Å². The van der Waals surface area contributed by atoms with Gasteiger partial charge in [0.1, 0.15) is 0 Å². The van der Waals surface area contributed by atoms with E-state index in [1.54, 1.807) is 0 Å². The summed E-state index contributed by atoms with van der Waals surface area (Å²) in [5.41, 5.74) is 0. The molecular formula is C6H12Cl2Si. The Morgan fingerprint density at radius 3 is 2.67 bits per heavy atom. The van der Waals surface area contributed by atoms with Gasteiger partial charge in [-0.3, -0.25) is 0 Å². The Labute approximate surface area is 69.1 Å². The second-order valence-electron chi connectivity index (χ2n) is 1.96. The highest BCUT2D eigenvalue weighted by Gasteiger charge is 1.96. The number of allylic oxidation sites excluding steroid dienone is 1. The van der Waals surface area contributed by atoms with Crippen molar-refractivity contribution in [3.05, 3.63) is 12.7 Å². The molecule has 0 amide bonds. The SMILES string of the molecule is C=CCCC[SiH2]C(Cl)Cl. The summed E-state index contributed by atoms with van der Waals surface area (Å²) in [5.74, 6) is 0. The molecule has 9 heavy (non-hydrogen) atoms. The van der Waals surface area contributed by atoms with Crippen LogP contribution in [0, 0.1) is 0 Å². The lowest BCUT2D eigenvalue weighted by Gasteiger charge is -1.96. The molecule has 0 atom stereocenters. The van der Waals surface area contributed by atoms with Gasteiger partial charge in [-0.1, -0.05) is 18.5 Å². The molecule has 0 radical (unpaired) electrons. The van der Waals surface area contributed by atoms with Crippen molar-refractivity contribution < 1.29 is 0 Å². The highest BCUT2D eigenvalue weighted by Crippen LogP contribution is 2.04. The van der Waals surface area contributed by atoms with Crippen molar-refractivity contribution in [3.63, 3.8) is 0 Å². The smallest absolute Gasteiger partial charge is 0.0908 e. The minimum absolute atomic E-state index is 0.0465. The molecule has 0 rings (SSSR count). The Morgan fingerprint density at radius 2 is 2.22 bits per heavy atom. The largest absolute Gasteiger partial charge is 0.110 e. The maximum atomic E-state index is 5.56. The van der Waals surface area contributed by atoms with E-state index in [2.05, 4.69) is 6.58 Å². The van der Waals surface area contributed by atoms with Crippen LogP contribution in [0.1, 0.15) is 12.8 Å². The summed E-state index contributed by atoms with van der Waals surface area (Å²) < 4.78 is -0.0465. The van der Waals surface area contributed by atoms with Crippen molar-refractivity contribution in [2.24, 2.45) is 0 Å². The molecule has 0 aliphatic rings. The summed E-state index contributed by atoms with van der Waals surface area (Å²) in [7, 11) is -0.191. The van der Waals surface area contributed by atoms with E-state index < -0.39 is 0 Å². The molecule has 0 aromatic rings. The predicted molar refractivity (Wildman–Crippen MR) is 48.3 cm³/mol. The molecule has 0 bridgehead atoms. The normalized spacial score (nSPS) is 11.4. The van der Waals surface area contributed by atoms with Crippen molar-refractivity contribution in [2.75, 3.05) is 0 Å². The summed E-state index contributed by atoms with van der Waals surface area (Å²) in [6.45, 7) is 3.63. The molecule has 0 aromatic carbocycles. The van der Waals surface area contributed by atoms with E-state index in [4.69, 9.17) is 23.2 Å². The molecule has 0 saturated heterocycles. The lowest BCUT2D eigenvalue weighted by atomic mass is 10.3. The van der Waals surface area contributed by atoms with E-state index in [1.807, 2.05) is 6.08 Å². The molecule has 3 heteroatoms. The zero-order chi connectivity index (χ0) is 7.11. The van der Waals surface area contributed by atoms with Crippen molar-refractivity contribution in [1.29, 1.82) is 0 Å². The van der Waals surface area contributed by atoms with E-state index >= 15 is 0 Å². The van der Waals surface area contributed by atoms with Crippen molar-refractivity contribution in [1.82, 2.24) is 0 Å². The third-order valence-corrected chi connectivity index (χ3v) is 3.73. The topological polar surface area (TPSA) is 0 Å². The molecule has 0 N–H and O–H groups in total. The molecule has 0 unspecified atom stereocenters. The zero-order valence-corrected chi connectivity index (χ0v) is 8.37. The average molecular weight is 183 g/mol. The fourth-order valence-corrected chi connectivity index (χ4v) is 2.40. The van der Waals surface area contributed by atoms with Crippen LogP contribution >= 0.6 is 23.2 Å². The maximum absolute atomic E-state index is 5.56. The van der Waals surface area contributed by atoms with E-state index in [0.29, 0.717) is 0 Å². The summed E-state index contributed by atoms with van der Waals surface area (Å²) in [6.07, 6.45) is 4.25. The molecule has 0 nitrogen and oxygen atoms in total. The van der Waals surface area contributed by atoms with Gasteiger partial charge in [-0.15, -0.1) is 29.8 Å². The predicted octanol–water partition coefficient (Wildman–Crippen LogP) is 2.30. The highest BCUT2D eigenvalue weighted by molar-refractivity contribution is 6.68. The molecule has 0 fully saturated rings. The average Bonchev–Trinajstić information content (AvgIpc) is 1.80. The first-order chi connectivity index (χ1) is 4.27. The first-order valence-electron chi connectivity index (χ1n) is 3.16. The fraction of sp³-hybridized carbons (Fsp3) is 0.667. The number of halogens is 2. The van der Waals surface area contributed by atoms with Gasteiger partial charge in [0.25, 0.3) is 0 Å². The van der Waals surface area contributed by atoms with E-state index in [-0.39, 0.29) is 14.0 Å². The van der Waals surface area contributed by atoms with Crippen LogP contribution in [0.15, 0.2) is 12.7 Å². The number of rotatable bonds is 5. The monoisotopic (exact) mass is 182 g/mol. The maximum Gasteiger partial charge on any atom is 0.0908 e. The van der Waals surface area contributed by atoms with Gasteiger partial charge < -0.3 is 0 Å². The minimum atomic E-state index is -0.191. The van der Waals surface area contributed by atoms with Gasteiger partial charge >= 0.3 is 0 Å². The molecular weight excluding hydrogens is 171 g/mol. The standard InChI is InChI=1S/C6H12Cl2Si/c1-2-3-4-5-9-6(7)8/h2,6H,1,3-5,9H2. The van der Waals surface area contributed by atoms with E-state index in [0.717, 1.165) is 6.42 Å². The Kier molecular flexibility index (Phi) is 7.05. The van der Waals surface area contributed by atoms with Crippen LogP contribution in [0.25, 0.3) is 0 Å².